The Bertz CT molecular complexity index is 682. The zero-order valence-electron chi connectivity index (χ0n) is 13.2. The molecular formula is C17H22N2O2S. The Kier molecular flexibility index (Phi) is 4.34. The first-order chi connectivity index (χ1) is 10.6. The molecule has 0 bridgehead atoms. The Balaban J connectivity index is 1.69. The lowest BCUT2D eigenvalue weighted by Crippen LogP contribution is -2.45. The SMILES string of the molecule is Cc1c(C(C)NC(=O)NC2CSCC2C)oc2ccccc12. The topological polar surface area (TPSA) is 54.3 Å². The number of hydrogen-bond donors (Lipinski definition) is 2. The van der Waals surface area contributed by atoms with Crippen LogP contribution in [-0.2, 0) is 0 Å². The van der Waals surface area contributed by atoms with Gasteiger partial charge in [0.2, 0.25) is 0 Å². The molecule has 0 spiro atoms. The number of benzene rings is 1. The lowest BCUT2D eigenvalue weighted by atomic mass is 10.1. The summed E-state index contributed by atoms with van der Waals surface area (Å²) >= 11 is 1.89. The third-order valence-corrected chi connectivity index (χ3v) is 5.66. The normalized spacial score (nSPS) is 22.7. The minimum Gasteiger partial charge on any atom is -0.459 e. The summed E-state index contributed by atoms with van der Waals surface area (Å²) < 4.78 is 5.91. The molecule has 1 aliphatic heterocycles. The molecule has 0 aliphatic carbocycles. The highest BCUT2D eigenvalue weighted by Gasteiger charge is 2.26. The lowest BCUT2D eigenvalue weighted by molar-refractivity contribution is 0.231. The van der Waals surface area contributed by atoms with Crippen LogP contribution in [0.25, 0.3) is 11.0 Å². The van der Waals surface area contributed by atoms with Crippen LogP contribution in [0.1, 0.15) is 31.2 Å². The number of urea groups is 1. The van der Waals surface area contributed by atoms with Gasteiger partial charge in [0.25, 0.3) is 0 Å². The first kappa shape index (κ1) is 15.3. The molecule has 4 nitrogen and oxygen atoms in total. The number of fused-ring (bicyclic) bond motifs is 1. The van der Waals surface area contributed by atoms with Gasteiger partial charge in [-0.1, -0.05) is 25.1 Å². The molecule has 3 rings (SSSR count). The predicted molar refractivity (Wildman–Crippen MR) is 91.3 cm³/mol. The molecule has 1 aromatic carbocycles. The molecule has 22 heavy (non-hydrogen) atoms. The zero-order valence-corrected chi connectivity index (χ0v) is 14.0. The summed E-state index contributed by atoms with van der Waals surface area (Å²) in [6, 6.07) is 7.94. The van der Waals surface area contributed by atoms with E-state index in [1.165, 1.54) is 0 Å². The Morgan fingerprint density at radius 2 is 2.14 bits per heavy atom. The molecule has 1 fully saturated rings. The molecule has 2 heterocycles. The maximum absolute atomic E-state index is 12.2. The van der Waals surface area contributed by atoms with E-state index in [1.807, 2.05) is 49.9 Å². The smallest absolute Gasteiger partial charge is 0.315 e. The summed E-state index contributed by atoms with van der Waals surface area (Å²) in [4.78, 5) is 12.2. The predicted octanol–water partition coefficient (Wildman–Crippen LogP) is 3.85. The van der Waals surface area contributed by atoms with Gasteiger partial charge >= 0.3 is 6.03 Å². The molecule has 118 valence electrons. The molecule has 3 unspecified atom stereocenters. The summed E-state index contributed by atoms with van der Waals surface area (Å²) in [5.74, 6) is 3.46. The monoisotopic (exact) mass is 318 g/mol. The number of amides is 2. The average molecular weight is 318 g/mol. The van der Waals surface area contributed by atoms with Crippen molar-refractivity contribution in [1.29, 1.82) is 0 Å². The van der Waals surface area contributed by atoms with Crippen LogP contribution in [-0.4, -0.2) is 23.6 Å². The molecule has 2 N–H and O–H groups in total. The molecule has 1 aromatic heterocycles. The molecule has 2 aromatic rings. The van der Waals surface area contributed by atoms with Crippen LogP contribution in [0.5, 0.6) is 0 Å². The fourth-order valence-corrected chi connectivity index (χ4v) is 4.33. The van der Waals surface area contributed by atoms with Crippen molar-refractivity contribution in [3.8, 4) is 0 Å². The molecule has 2 amide bonds. The van der Waals surface area contributed by atoms with Crippen molar-refractivity contribution < 1.29 is 9.21 Å². The molecular weight excluding hydrogens is 296 g/mol. The maximum Gasteiger partial charge on any atom is 0.315 e. The van der Waals surface area contributed by atoms with Gasteiger partial charge in [-0.3, -0.25) is 0 Å². The number of carbonyl (C=O) groups excluding carboxylic acids is 1. The summed E-state index contributed by atoms with van der Waals surface area (Å²) in [6.45, 7) is 6.17. The fourth-order valence-electron chi connectivity index (χ4n) is 2.92. The molecule has 5 heteroatoms. The summed E-state index contributed by atoms with van der Waals surface area (Å²) in [7, 11) is 0. The first-order valence-corrected chi connectivity index (χ1v) is 8.84. The quantitative estimate of drug-likeness (QED) is 0.903. The molecule has 3 atom stereocenters. The van der Waals surface area contributed by atoms with E-state index in [1.54, 1.807) is 0 Å². The second kappa shape index (κ2) is 6.24. The number of hydrogen-bond acceptors (Lipinski definition) is 3. The number of rotatable bonds is 3. The van der Waals surface area contributed by atoms with E-state index in [2.05, 4.69) is 17.6 Å². The lowest BCUT2D eigenvalue weighted by Gasteiger charge is -2.19. The van der Waals surface area contributed by atoms with Gasteiger partial charge < -0.3 is 15.1 Å². The minimum atomic E-state index is -0.156. The number of thioether (sulfide) groups is 1. The van der Waals surface area contributed by atoms with Gasteiger partial charge in [-0.15, -0.1) is 0 Å². The van der Waals surface area contributed by atoms with Crippen LogP contribution in [0.2, 0.25) is 0 Å². The van der Waals surface area contributed by atoms with Gasteiger partial charge in [-0.05, 0) is 31.6 Å². The maximum atomic E-state index is 12.2. The molecule has 0 saturated carbocycles. The number of furan rings is 1. The number of para-hydroxylation sites is 1. The van der Waals surface area contributed by atoms with Gasteiger partial charge in [0, 0.05) is 22.7 Å². The van der Waals surface area contributed by atoms with Crippen molar-refractivity contribution in [2.24, 2.45) is 5.92 Å². The van der Waals surface area contributed by atoms with E-state index in [4.69, 9.17) is 4.42 Å². The van der Waals surface area contributed by atoms with E-state index in [-0.39, 0.29) is 18.1 Å². The highest BCUT2D eigenvalue weighted by molar-refractivity contribution is 7.99. The molecule has 1 aliphatic rings. The standard InChI is InChI=1S/C17H22N2O2S/c1-10-8-22-9-14(10)19-17(20)18-12(3)16-11(2)13-6-4-5-7-15(13)21-16/h4-7,10,12,14H,8-9H2,1-3H3,(H2,18,19,20). The van der Waals surface area contributed by atoms with E-state index < -0.39 is 0 Å². The largest absolute Gasteiger partial charge is 0.459 e. The van der Waals surface area contributed by atoms with Crippen LogP contribution in [0.4, 0.5) is 4.79 Å². The Morgan fingerprint density at radius 1 is 1.36 bits per heavy atom. The fraction of sp³-hybridized carbons (Fsp3) is 0.471. The number of nitrogens with one attached hydrogen (secondary N) is 2. The molecule has 0 radical (unpaired) electrons. The van der Waals surface area contributed by atoms with Crippen LogP contribution < -0.4 is 10.6 Å². The van der Waals surface area contributed by atoms with Gasteiger partial charge in [0.05, 0.1) is 6.04 Å². The van der Waals surface area contributed by atoms with E-state index in [0.717, 1.165) is 33.8 Å². The van der Waals surface area contributed by atoms with Crippen molar-refractivity contribution in [2.75, 3.05) is 11.5 Å². The second-order valence-corrected chi connectivity index (χ2v) is 7.12. The second-order valence-electron chi connectivity index (χ2n) is 6.05. The van der Waals surface area contributed by atoms with Crippen LogP contribution in [0, 0.1) is 12.8 Å². The third kappa shape index (κ3) is 2.95. The van der Waals surface area contributed by atoms with Gasteiger partial charge in [-0.25, -0.2) is 4.79 Å². The van der Waals surface area contributed by atoms with E-state index in [9.17, 15) is 4.79 Å². The van der Waals surface area contributed by atoms with Crippen molar-refractivity contribution >= 4 is 28.8 Å². The summed E-state index contributed by atoms with van der Waals surface area (Å²) in [5.41, 5.74) is 1.96. The number of aryl methyl sites for hydroxylation is 1. The Hall–Kier alpha value is -1.62. The van der Waals surface area contributed by atoms with Crippen LogP contribution >= 0.6 is 11.8 Å². The van der Waals surface area contributed by atoms with Gasteiger partial charge in [0.1, 0.15) is 11.3 Å². The highest BCUT2D eigenvalue weighted by atomic mass is 32.2. The number of carbonyl (C=O) groups is 1. The third-order valence-electron chi connectivity index (χ3n) is 4.30. The van der Waals surface area contributed by atoms with Crippen LogP contribution in [0.15, 0.2) is 28.7 Å². The zero-order chi connectivity index (χ0) is 15.7. The highest BCUT2D eigenvalue weighted by Crippen LogP contribution is 2.29. The van der Waals surface area contributed by atoms with E-state index in [0.29, 0.717) is 5.92 Å². The van der Waals surface area contributed by atoms with Crippen molar-refractivity contribution in [1.82, 2.24) is 10.6 Å². The minimum absolute atomic E-state index is 0.119. The Morgan fingerprint density at radius 3 is 2.82 bits per heavy atom. The van der Waals surface area contributed by atoms with Gasteiger partial charge in [0.15, 0.2) is 0 Å². The van der Waals surface area contributed by atoms with E-state index >= 15 is 0 Å². The van der Waals surface area contributed by atoms with Crippen LogP contribution in [0.3, 0.4) is 0 Å². The summed E-state index contributed by atoms with van der Waals surface area (Å²) in [5, 5.41) is 7.17. The Labute approximate surface area is 135 Å². The van der Waals surface area contributed by atoms with Crippen molar-refractivity contribution in [3.05, 3.63) is 35.6 Å². The van der Waals surface area contributed by atoms with Crippen molar-refractivity contribution in [2.45, 2.75) is 32.9 Å². The summed E-state index contributed by atoms with van der Waals surface area (Å²) in [6.07, 6.45) is 0. The average Bonchev–Trinajstić information content (AvgIpc) is 3.04. The van der Waals surface area contributed by atoms with Gasteiger partial charge in [-0.2, -0.15) is 11.8 Å². The van der Waals surface area contributed by atoms with Crippen molar-refractivity contribution in [3.63, 3.8) is 0 Å². The molecule has 1 saturated heterocycles. The first-order valence-electron chi connectivity index (χ1n) is 7.69.